The van der Waals surface area contributed by atoms with Gasteiger partial charge in [0.1, 0.15) is 6.54 Å². The van der Waals surface area contributed by atoms with Crippen LogP contribution in [-0.2, 0) is 11.3 Å². The van der Waals surface area contributed by atoms with Crippen molar-refractivity contribution in [2.75, 3.05) is 5.32 Å². The van der Waals surface area contributed by atoms with Crippen molar-refractivity contribution in [2.45, 2.75) is 20.4 Å². The summed E-state index contributed by atoms with van der Waals surface area (Å²) in [6.07, 6.45) is 0. The van der Waals surface area contributed by atoms with Crippen LogP contribution in [0, 0.1) is 13.8 Å². The van der Waals surface area contributed by atoms with Crippen molar-refractivity contribution >= 4 is 27.5 Å². The molecule has 0 radical (unpaired) electrons. The van der Waals surface area contributed by atoms with Crippen molar-refractivity contribution in [1.82, 2.24) is 20.2 Å². The molecule has 0 fully saturated rings. The van der Waals surface area contributed by atoms with Crippen LogP contribution in [0.2, 0.25) is 0 Å². The highest BCUT2D eigenvalue weighted by Crippen LogP contribution is 2.19. The Hall–Kier alpha value is -2.54. The summed E-state index contributed by atoms with van der Waals surface area (Å²) < 4.78 is 2.46. The molecule has 1 aromatic heterocycles. The molecular weight excluding hydrogens is 370 g/mol. The van der Waals surface area contributed by atoms with E-state index in [9.17, 15) is 4.79 Å². The van der Waals surface area contributed by atoms with Crippen LogP contribution < -0.4 is 5.32 Å². The van der Waals surface area contributed by atoms with Crippen molar-refractivity contribution in [1.29, 1.82) is 0 Å². The van der Waals surface area contributed by atoms with Gasteiger partial charge in [0, 0.05) is 15.7 Å². The van der Waals surface area contributed by atoms with E-state index in [1.54, 1.807) is 0 Å². The first-order valence-electron chi connectivity index (χ1n) is 7.41. The molecule has 24 heavy (non-hydrogen) atoms. The molecule has 6 nitrogen and oxygen atoms in total. The number of hydrogen-bond donors (Lipinski definition) is 1. The molecule has 0 aliphatic heterocycles. The first-order valence-corrected chi connectivity index (χ1v) is 8.21. The second-order valence-corrected chi connectivity index (χ2v) is 6.51. The van der Waals surface area contributed by atoms with E-state index in [1.807, 2.05) is 50.2 Å². The third-order valence-corrected chi connectivity index (χ3v) is 3.96. The number of halogens is 1. The fourth-order valence-electron chi connectivity index (χ4n) is 2.50. The maximum absolute atomic E-state index is 12.3. The predicted molar refractivity (Wildman–Crippen MR) is 95.5 cm³/mol. The summed E-state index contributed by atoms with van der Waals surface area (Å²) in [4.78, 5) is 12.3. The van der Waals surface area contributed by atoms with Gasteiger partial charge in [-0.3, -0.25) is 4.79 Å². The number of anilines is 1. The number of carbonyl (C=O) groups excluding carboxylic acids is 1. The number of benzene rings is 2. The summed E-state index contributed by atoms with van der Waals surface area (Å²) in [7, 11) is 0. The molecular formula is C17H16BrN5O. The van der Waals surface area contributed by atoms with Gasteiger partial charge in [-0.25, -0.2) is 4.68 Å². The second-order valence-electron chi connectivity index (χ2n) is 5.59. The predicted octanol–water partition coefficient (Wildman–Crippen LogP) is 3.36. The first kappa shape index (κ1) is 16.3. The van der Waals surface area contributed by atoms with Crippen molar-refractivity contribution < 1.29 is 4.79 Å². The molecule has 0 aliphatic rings. The number of aryl methyl sites for hydroxylation is 2. The van der Waals surface area contributed by atoms with E-state index < -0.39 is 0 Å². The Morgan fingerprint density at radius 3 is 2.46 bits per heavy atom. The normalized spacial score (nSPS) is 10.6. The minimum Gasteiger partial charge on any atom is -0.324 e. The monoisotopic (exact) mass is 385 g/mol. The summed E-state index contributed by atoms with van der Waals surface area (Å²) in [5.74, 6) is 0.378. The number of carbonyl (C=O) groups is 1. The lowest BCUT2D eigenvalue weighted by Crippen LogP contribution is -2.20. The van der Waals surface area contributed by atoms with E-state index >= 15 is 0 Å². The Morgan fingerprint density at radius 2 is 1.79 bits per heavy atom. The molecule has 0 unspecified atom stereocenters. The van der Waals surface area contributed by atoms with Gasteiger partial charge in [-0.15, -0.1) is 5.10 Å². The third-order valence-electron chi connectivity index (χ3n) is 3.43. The zero-order valence-electron chi connectivity index (χ0n) is 13.3. The number of tetrazole rings is 1. The molecule has 1 amide bonds. The highest BCUT2D eigenvalue weighted by Gasteiger charge is 2.12. The van der Waals surface area contributed by atoms with E-state index in [-0.39, 0.29) is 12.5 Å². The molecule has 2 aromatic carbocycles. The highest BCUT2D eigenvalue weighted by molar-refractivity contribution is 9.10. The minimum atomic E-state index is -0.175. The lowest BCUT2D eigenvalue weighted by molar-refractivity contribution is -0.116. The van der Waals surface area contributed by atoms with Crippen LogP contribution in [0.5, 0.6) is 0 Å². The van der Waals surface area contributed by atoms with E-state index in [2.05, 4.69) is 42.8 Å². The Morgan fingerprint density at radius 1 is 1.12 bits per heavy atom. The van der Waals surface area contributed by atoms with Crippen molar-refractivity contribution in [3.05, 3.63) is 58.1 Å². The lowest BCUT2D eigenvalue weighted by atomic mass is 10.1. The Labute approximate surface area is 148 Å². The van der Waals surface area contributed by atoms with Gasteiger partial charge in [0.05, 0.1) is 0 Å². The van der Waals surface area contributed by atoms with Crippen molar-refractivity contribution in [3.63, 3.8) is 0 Å². The number of hydrogen-bond acceptors (Lipinski definition) is 4. The van der Waals surface area contributed by atoms with Crippen LogP contribution in [0.1, 0.15) is 11.1 Å². The van der Waals surface area contributed by atoms with Crippen LogP contribution in [0.3, 0.4) is 0 Å². The minimum absolute atomic E-state index is 0.0470. The van der Waals surface area contributed by atoms with Gasteiger partial charge in [0.25, 0.3) is 0 Å². The zero-order chi connectivity index (χ0) is 17.1. The highest BCUT2D eigenvalue weighted by atomic mass is 79.9. The topological polar surface area (TPSA) is 72.7 Å². The lowest BCUT2D eigenvalue weighted by Gasteiger charge is -2.08. The van der Waals surface area contributed by atoms with Crippen LogP contribution in [0.25, 0.3) is 11.4 Å². The molecule has 3 rings (SSSR count). The van der Waals surface area contributed by atoms with E-state index in [0.717, 1.165) is 26.9 Å². The van der Waals surface area contributed by atoms with Crippen LogP contribution >= 0.6 is 15.9 Å². The van der Waals surface area contributed by atoms with Crippen molar-refractivity contribution in [3.8, 4) is 11.4 Å². The smallest absolute Gasteiger partial charge is 0.246 e. The fraction of sp³-hybridized carbons (Fsp3) is 0.176. The number of amides is 1. The number of nitrogens with zero attached hydrogens (tertiary/aromatic N) is 4. The summed E-state index contributed by atoms with van der Waals surface area (Å²) in [6.45, 7) is 4.04. The van der Waals surface area contributed by atoms with Crippen LogP contribution in [0.4, 0.5) is 5.69 Å². The summed E-state index contributed by atoms with van der Waals surface area (Å²) in [6, 6.07) is 13.5. The molecule has 0 bridgehead atoms. The molecule has 3 aromatic rings. The van der Waals surface area contributed by atoms with Crippen molar-refractivity contribution in [2.24, 2.45) is 0 Å². The summed E-state index contributed by atoms with van der Waals surface area (Å²) in [5.41, 5.74) is 3.82. The summed E-state index contributed by atoms with van der Waals surface area (Å²) in [5, 5.41) is 14.5. The molecule has 1 heterocycles. The molecule has 1 N–H and O–H groups in total. The zero-order valence-corrected chi connectivity index (χ0v) is 14.9. The SMILES string of the molecule is Cc1cc(C)cc(NC(=O)Cn2nnnc2-c2ccc(Br)cc2)c1. The van der Waals surface area contributed by atoms with Gasteiger partial charge in [-0.1, -0.05) is 34.1 Å². The summed E-state index contributed by atoms with van der Waals surface area (Å²) >= 11 is 3.39. The molecule has 0 spiro atoms. The fourth-order valence-corrected chi connectivity index (χ4v) is 2.76. The van der Waals surface area contributed by atoms with Gasteiger partial charge >= 0.3 is 0 Å². The Kier molecular flexibility index (Phi) is 4.71. The van der Waals surface area contributed by atoms with E-state index in [1.165, 1.54) is 4.68 Å². The first-order chi connectivity index (χ1) is 11.5. The van der Waals surface area contributed by atoms with Gasteiger partial charge in [0.15, 0.2) is 5.82 Å². The quantitative estimate of drug-likeness (QED) is 0.747. The molecule has 0 atom stereocenters. The maximum atomic E-state index is 12.3. The molecule has 0 aliphatic carbocycles. The number of nitrogens with one attached hydrogen (secondary N) is 1. The number of rotatable bonds is 4. The molecule has 122 valence electrons. The Bertz CT molecular complexity index is 853. The van der Waals surface area contributed by atoms with Crippen LogP contribution in [0.15, 0.2) is 46.9 Å². The molecule has 0 saturated heterocycles. The van der Waals surface area contributed by atoms with Gasteiger partial charge in [0.2, 0.25) is 5.91 Å². The second kappa shape index (κ2) is 6.92. The standard InChI is InChI=1S/C17H16BrN5O/c1-11-7-12(2)9-15(8-11)19-16(24)10-23-17(20-21-22-23)13-3-5-14(18)6-4-13/h3-9H,10H2,1-2H3,(H,19,24). The Balaban J connectivity index is 1.76. The van der Waals surface area contributed by atoms with E-state index in [4.69, 9.17) is 0 Å². The number of aromatic nitrogens is 4. The average Bonchev–Trinajstić information content (AvgIpc) is 2.94. The van der Waals surface area contributed by atoms with Gasteiger partial charge in [-0.05, 0) is 59.7 Å². The van der Waals surface area contributed by atoms with Gasteiger partial charge in [-0.2, -0.15) is 0 Å². The molecule has 0 saturated carbocycles. The largest absolute Gasteiger partial charge is 0.324 e. The average molecular weight is 386 g/mol. The van der Waals surface area contributed by atoms with Crippen LogP contribution in [-0.4, -0.2) is 26.1 Å². The van der Waals surface area contributed by atoms with E-state index in [0.29, 0.717) is 5.82 Å². The third kappa shape index (κ3) is 3.86. The molecule has 7 heteroatoms. The maximum Gasteiger partial charge on any atom is 0.246 e. The van der Waals surface area contributed by atoms with Gasteiger partial charge < -0.3 is 5.32 Å².